The first-order chi connectivity index (χ1) is 27.8. The van der Waals surface area contributed by atoms with Crippen molar-refractivity contribution in [1.82, 2.24) is 0 Å². The van der Waals surface area contributed by atoms with Gasteiger partial charge >= 0.3 is 19.6 Å². The van der Waals surface area contributed by atoms with Crippen molar-refractivity contribution in [2.24, 2.45) is 92.7 Å². The Balaban J connectivity index is 1.10. The molecule has 0 radical (unpaired) electrons. The third kappa shape index (κ3) is 7.30. The first-order valence-electron chi connectivity index (χ1n) is 24.2. The molecule has 0 bridgehead atoms. The summed E-state index contributed by atoms with van der Waals surface area (Å²) < 4.78 is 14.6. The van der Waals surface area contributed by atoms with Crippen LogP contribution in [0.15, 0.2) is 0 Å². The predicted molar refractivity (Wildman–Crippen MR) is 225 cm³/mol. The number of hydrogen-bond acceptors (Lipinski definition) is 8. The maximum absolute atomic E-state index is 12.0. The molecule has 0 aliphatic heterocycles. The van der Waals surface area contributed by atoms with E-state index in [-0.39, 0.29) is 138 Å². The molecule has 0 aromatic rings. The molecule has 8 rings (SSSR count). The number of carboxylic acids is 2. The van der Waals surface area contributed by atoms with Gasteiger partial charge in [-0.15, -0.1) is 0 Å². The van der Waals surface area contributed by atoms with Crippen molar-refractivity contribution in [1.29, 1.82) is 0 Å². The topological polar surface area (TPSA) is 174 Å². The lowest BCUT2D eigenvalue weighted by atomic mass is 9.43. The molecular formula is C48H79BO10. The van der Waals surface area contributed by atoms with Gasteiger partial charge in [-0.25, -0.2) is 0 Å². The predicted octanol–water partition coefficient (Wildman–Crippen LogP) is 7.23. The van der Waals surface area contributed by atoms with Gasteiger partial charge in [0.05, 0.1) is 24.4 Å². The summed E-state index contributed by atoms with van der Waals surface area (Å²) in [5, 5.41) is 64.9. The smallest absolute Gasteiger partial charge is 0.438 e. The molecule has 0 aromatic heterocycles. The second-order valence-electron chi connectivity index (χ2n) is 23.3. The lowest BCUT2D eigenvalue weighted by Gasteiger charge is -2.64. The van der Waals surface area contributed by atoms with E-state index in [2.05, 4.69) is 41.5 Å². The summed E-state index contributed by atoms with van der Waals surface area (Å²) in [5.41, 5.74) is -0.514. The van der Waals surface area contributed by atoms with Gasteiger partial charge in [0, 0.05) is 25.0 Å². The number of aliphatic carboxylic acids is 2. The highest BCUT2D eigenvalue weighted by atomic mass is 16.6. The lowest BCUT2D eigenvalue weighted by Crippen LogP contribution is -2.63. The Morgan fingerprint density at radius 1 is 0.576 bits per heavy atom. The molecule has 8 aliphatic rings. The molecule has 22 unspecified atom stereocenters. The van der Waals surface area contributed by atoms with Crippen LogP contribution in [0.4, 0.5) is 0 Å². The van der Waals surface area contributed by atoms with Crippen LogP contribution in [-0.4, -0.2) is 86.9 Å². The largest absolute Gasteiger partial charge is 0.481 e. The van der Waals surface area contributed by atoms with Gasteiger partial charge < -0.3 is 39.9 Å². The average Bonchev–Trinajstić information content (AvgIpc) is 3.72. The van der Waals surface area contributed by atoms with Crippen LogP contribution in [0.3, 0.4) is 0 Å². The molecule has 59 heavy (non-hydrogen) atoms. The highest BCUT2D eigenvalue weighted by molar-refractivity contribution is 6.18. The van der Waals surface area contributed by atoms with Crippen molar-refractivity contribution < 1.29 is 49.5 Å². The van der Waals surface area contributed by atoms with E-state index in [9.17, 15) is 40.2 Å². The van der Waals surface area contributed by atoms with Crippen molar-refractivity contribution in [3.63, 3.8) is 0 Å². The number of hydrogen-bond donors (Lipinski definition) is 6. The molecule has 8 fully saturated rings. The highest BCUT2D eigenvalue weighted by Gasteiger charge is 2.68. The standard InChI is InChI=1S/C48H79BO10/c1-25(7-13-41(54)55)31-9-11-33-43-35(45(3)17-15-29(50)19-27(45)21-37(43)52)23-39(47(31,33)5)58-49-59-40-24-36-44(38(53)22-28-20-30(51)16-18-46(28,36)4)34-12-10-32(48(34,40)6)26(2)8-14-42(56)57/h25-40,43-44,49-53H,7-24H2,1-6H3,(H,54,55)(H,56,57). The summed E-state index contributed by atoms with van der Waals surface area (Å²) >= 11 is 0. The molecule has 334 valence electrons. The summed E-state index contributed by atoms with van der Waals surface area (Å²) in [4.78, 5) is 23.5. The van der Waals surface area contributed by atoms with E-state index in [4.69, 9.17) is 9.31 Å². The molecular weight excluding hydrogens is 747 g/mol. The minimum absolute atomic E-state index is 0.00352. The number of fused-ring (bicyclic) bond motifs is 10. The van der Waals surface area contributed by atoms with E-state index in [0.29, 0.717) is 12.8 Å². The Kier molecular flexibility index (Phi) is 12.3. The Labute approximate surface area is 354 Å². The van der Waals surface area contributed by atoms with E-state index in [0.717, 1.165) is 89.9 Å². The van der Waals surface area contributed by atoms with E-state index >= 15 is 0 Å². The van der Waals surface area contributed by atoms with Crippen LogP contribution >= 0.6 is 0 Å². The molecule has 6 N–H and O–H groups in total. The van der Waals surface area contributed by atoms with E-state index in [1.165, 1.54) is 0 Å². The van der Waals surface area contributed by atoms with Gasteiger partial charge in [0.1, 0.15) is 0 Å². The van der Waals surface area contributed by atoms with Gasteiger partial charge in [-0.05, 0) is 195 Å². The SMILES string of the molecule is CC(CCC(=O)O)C1CCC2C3C(O)CC4CC(O)CCC4(C)C3CC(OBOC3CC4C(C(O)CC5CC(O)CCC54C)C4CCC(C(C)CCC(=O)O)C34C)C12C. The zero-order valence-electron chi connectivity index (χ0n) is 37.1. The Hall–Kier alpha value is -1.24. The normalized spacial score (nSPS) is 52.4. The van der Waals surface area contributed by atoms with Crippen LogP contribution in [0, 0.1) is 92.7 Å². The molecule has 0 heterocycles. The van der Waals surface area contributed by atoms with Gasteiger partial charge in [0.25, 0.3) is 0 Å². The molecule has 10 nitrogen and oxygen atoms in total. The van der Waals surface area contributed by atoms with Crippen molar-refractivity contribution in [2.75, 3.05) is 0 Å². The van der Waals surface area contributed by atoms with Gasteiger partial charge in [0.2, 0.25) is 0 Å². The van der Waals surface area contributed by atoms with Crippen LogP contribution in [-0.2, 0) is 18.9 Å². The van der Waals surface area contributed by atoms with E-state index in [1.807, 2.05) is 0 Å². The van der Waals surface area contributed by atoms with Crippen LogP contribution in [0.5, 0.6) is 0 Å². The molecule has 11 heteroatoms. The minimum atomic E-state index is -0.762. The van der Waals surface area contributed by atoms with E-state index < -0.39 is 24.1 Å². The summed E-state index contributed by atoms with van der Waals surface area (Å²) in [5.74, 6) is 1.23. The second kappa shape index (κ2) is 16.4. The van der Waals surface area contributed by atoms with Crippen LogP contribution in [0.2, 0.25) is 0 Å². The molecule has 8 aliphatic carbocycles. The van der Waals surface area contributed by atoms with Gasteiger partial charge in [-0.1, -0.05) is 41.5 Å². The minimum Gasteiger partial charge on any atom is -0.481 e. The first kappa shape index (κ1) is 44.4. The average molecular weight is 827 g/mol. The molecule has 0 saturated heterocycles. The quantitative estimate of drug-likeness (QED) is 0.110. The summed E-state index contributed by atoms with van der Waals surface area (Å²) in [6.07, 6.45) is 11.9. The fourth-order valence-electron chi connectivity index (χ4n) is 18.0. The second-order valence-corrected chi connectivity index (χ2v) is 23.3. The lowest BCUT2D eigenvalue weighted by molar-refractivity contribution is -0.212. The van der Waals surface area contributed by atoms with Crippen molar-refractivity contribution in [3.8, 4) is 0 Å². The molecule has 22 atom stereocenters. The summed E-state index contributed by atoms with van der Waals surface area (Å²) in [6.45, 7) is 14.1. The highest BCUT2D eigenvalue weighted by Crippen LogP contribution is 2.71. The maximum Gasteiger partial charge on any atom is 0.438 e. The fraction of sp³-hybridized carbons (Fsp3) is 0.958. The molecule has 0 spiro atoms. The number of aliphatic hydroxyl groups excluding tert-OH is 4. The zero-order chi connectivity index (χ0) is 42.4. The van der Waals surface area contributed by atoms with Gasteiger partial charge in [-0.2, -0.15) is 0 Å². The van der Waals surface area contributed by atoms with Crippen LogP contribution in [0.25, 0.3) is 0 Å². The number of carboxylic acid groups (broad SMARTS) is 2. The third-order valence-electron chi connectivity index (χ3n) is 21.1. The fourth-order valence-corrected chi connectivity index (χ4v) is 18.0. The maximum atomic E-state index is 12.0. The number of aliphatic hydroxyl groups is 4. The van der Waals surface area contributed by atoms with Crippen molar-refractivity contribution >= 4 is 19.6 Å². The molecule has 0 amide bonds. The van der Waals surface area contributed by atoms with Crippen molar-refractivity contribution in [3.05, 3.63) is 0 Å². The summed E-state index contributed by atoms with van der Waals surface area (Å²) in [6, 6.07) is 0. The van der Waals surface area contributed by atoms with Crippen LogP contribution < -0.4 is 0 Å². The first-order valence-corrected chi connectivity index (χ1v) is 24.2. The number of rotatable bonds is 12. The Bertz CT molecular complexity index is 1440. The van der Waals surface area contributed by atoms with Gasteiger partial charge in [-0.3, -0.25) is 9.59 Å². The van der Waals surface area contributed by atoms with Crippen molar-refractivity contribution in [2.45, 2.75) is 194 Å². The zero-order valence-corrected chi connectivity index (χ0v) is 37.1. The molecule has 0 aromatic carbocycles. The monoisotopic (exact) mass is 827 g/mol. The Morgan fingerprint density at radius 3 is 1.34 bits per heavy atom. The van der Waals surface area contributed by atoms with Crippen LogP contribution in [0.1, 0.15) is 157 Å². The summed E-state index contributed by atoms with van der Waals surface area (Å²) in [7, 11) is 0.143. The Morgan fingerprint density at radius 2 is 0.966 bits per heavy atom. The van der Waals surface area contributed by atoms with E-state index in [1.54, 1.807) is 0 Å². The van der Waals surface area contributed by atoms with Gasteiger partial charge in [0.15, 0.2) is 0 Å². The number of carbonyl (C=O) groups is 2. The third-order valence-corrected chi connectivity index (χ3v) is 21.1. The molecule has 8 saturated carbocycles.